The van der Waals surface area contributed by atoms with Crippen molar-refractivity contribution in [2.45, 2.75) is 30.5 Å². The third kappa shape index (κ3) is 2.31. The van der Waals surface area contributed by atoms with Gasteiger partial charge in [-0.2, -0.15) is 16.9 Å². The molecule has 4 rings (SSSR count). The minimum Gasteiger partial charge on any atom is -0.372 e. The Hall–Kier alpha value is -1.46. The number of rotatable bonds is 3. The van der Waals surface area contributed by atoms with Gasteiger partial charge in [0, 0.05) is 29.9 Å². The number of benzene rings is 1. The zero-order chi connectivity index (χ0) is 13.4. The van der Waals surface area contributed by atoms with E-state index in [1.54, 1.807) is 0 Å². The lowest BCUT2D eigenvalue weighted by Crippen LogP contribution is -1.95. The molecule has 2 aliphatic rings. The normalized spacial score (nSPS) is 21.1. The van der Waals surface area contributed by atoms with E-state index in [0.29, 0.717) is 0 Å². The molecule has 0 amide bonds. The Morgan fingerprint density at radius 2 is 2.20 bits per heavy atom. The van der Waals surface area contributed by atoms with Gasteiger partial charge in [-0.05, 0) is 36.1 Å². The summed E-state index contributed by atoms with van der Waals surface area (Å²) in [6, 6.07) is 8.63. The molecule has 1 aromatic carbocycles. The molecule has 0 spiro atoms. The van der Waals surface area contributed by atoms with Crippen LogP contribution in [0.5, 0.6) is 0 Å². The van der Waals surface area contributed by atoms with Gasteiger partial charge in [-0.1, -0.05) is 6.07 Å². The third-order valence-corrected chi connectivity index (χ3v) is 4.90. The van der Waals surface area contributed by atoms with Crippen LogP contribution in [0.1, 0.15) is 35.8 Å². The zero-order valence-electron chi connectivity index (χ0n) is 11.2. The van der Waals surface area contributed by atoms with E-state index in [2.05, 4.69) is 39.8 Å². The highest BCUT2D eigenvalue weighted by molar-refractivity contribution is 7.98. The molecule has 5 heteroatoms. The van der Waals surface area contributed by atoms with Gasteiger partial charge >= 0.3 is 0 Å². The fraction of sp³-hybridized carbons (Fsp3) is 0.400. The smallest absolute Gasteiger partial charge is 0.152 e. The summed E-state index contributed by atoms with van der Waals surface area (Å²) >= 11 is 1.97. The molecule has 1 aromatic heterocycles. The number of aromatic nitrogens is 2. The number of nitrogens with zero attached hydrogens (tertiary/aromatic N) is 1. The summed E-state index contributed by atoms with van der Waals surface area (Å²) in [6.07, 6.45) is 2.40. The number of hydrogen-bond donors (Lipinski definition) is 2. The minimum atomic E-state index is 0.189. The summed E-state index contributed by atoms with van der Waals surface area (Å²) in [5.74, 6) is 3.12. The van der Waals surface area contributed by atoms with Crippen LogP contribution >= 0.6 is 11.8 Å². The molecule has 20 heavy (non-hydrogen) atoms. The molecule has 0 bridgehead atoms. The fourth-order valence-corrected chi connectivity index (χ4v) is 3.88. The maximum atomic E-state index is 5.66. The van der Waals surface area contributed by atoms with Crippen LogP contribution in [0.25, 0.3) is 0 Å². The number of aromatic amines is 1. The van der Waals surface area contributed by atoms with Crippen molar-refractivity contribution >= 4 is 23.3 Å². The van der Waals surface area contributed by atoms with Gasteiger partial charge in [0.15, 0.2) is 5.82 Å². The predicted octanol–water partition coefficient (Wildman–Crippen LogP) is 3.75. The van der Waals surface area contributed by atoms with Crippen LogP contribution in [0, 0.1) is 0 Å². The highest BCUT2D eigenvalue weighted by Gasteiger charge is 2.20. The van der Waals surface area contributed by atoms with Crippen molar-refractivity contribution in [1.82, 2.24) is 10.2 Å². The average Bonchev–Trinajstić information content (AvgIpc) is 3.19. The second-order valence-corrected chi connectivity index (χ2v) is 6.30. The molecule has 1 saturated heterocycles. The van der Waals surface area contributed by atoms with Crippen molar-refractivity contribution in [3.63, 3.8) is 0 Å². The van der Waals surface area contributed by atoms with Crippen LogP contribution in [0.2, 0.25) is 0 Å². The Morgan fingerprint density at radius 1 is 1.25 bits per heavy atom. The van der Waals surface area contributed by atoms with E-state index in [1.165, 1.54) is 11.1 Å². The van der Waals surface area contributed by atoms with E-state index in [-0.39, 0.29) is 6.10 Å². The highest BCUT2D eigenvalue weighted by atomic mass is 32.2. The molecule has 3 heterocycles. The van der Waals surface area contributed by atoms with Crippen molar-refractivity contribution in [2.24, 2.45) is 0 Å². The average molecular weight is 287 g/mol. The van der Waals surface area contributed by atoms with Crippen molar-refractivity contribution in [2.75, 3.05) is 11.9 Å². The molecule has 1 atom stereocenters. The van der Waals surface area contributed by atoms with Gasteiger partial charge in [0.05, 0.1) is 11.8 Å². The Kier molecular flexibility index (Phi) is 3.16. The molecular weight excluding hydrogens is 270 g/mol. The van der Waals surface area contributed by atoms with E-state index in [9.17, 15) is 0 Å². The largest absolute Gasteiger partial charge is 0.372 e. The monoisotopic (exact) mass is 287 g/mol. The molecule has 1 fully saturated rings. The van der Waals surface area contributed by atoms with Crippen molar-refractivity contribution in [1.29, 1.82) is 0 Å². The second-order valence-electron chi connectivity index (χ2n) is 5.31. The lowest BCUT2D eigenvalue weighted by molar-refractivity contribution is 0.108. The summed E-state index contributed by atoms with van der Waals surface area (Å²) < 4.78 is 5.66. The molecule has 0 aliphatic carbocycles. The topological polar surface area (TPSA) is 49.9 Å². The standard InChI is InChI=1S/C15H17N3OS/c1-2-14(19-5-1)13-7-15(18-17-13)16-12-4-3-10-8-20-9-11(10)6-12/h3-4,6-7,14H,1-2,5,8-9H2,(H2,16,17,18)/t14-/m0/s1. The van der Waals surface area contributed by atoms with Crippen LogP contribution in [-0.2, 0) is 16.2 Å². The number of anilines is 2. The lowest BCUT2D eigenvalue weighted by Gasteiger charge is -2.06. The number of nitrogens with one attached hydrogen (secondary N) is 2. The second kappa shape index (κ2) is 5.14. The summed E-state index contributed by atoms with van der Waals surface area (Å²) in [5.41, 5.74) is 5.08. The molecule has 2 aliphatic heterocycles. The van der Waals surface area contributed by atoms with Crippen LogP contribution in [-0.4, -0.2) is 16.8 Å². The van der Waals surface area contributed by atoms with Crippen molar-refractivity contribution in [3.8, 4) is 0 Å². The minimum absolute atomic E-state index is 0.189. The third-order valence-electron chi connectivity index (χ3n) is 3.87. The first-order chi connectivity index (χ1) is 9.88. The first kappa shape index (κ1) is 12.3. The molecule has 2 aromatic rings. The summed E-state index contributed by atoms with van der Waals surface area (Å²) in [7, 11) is 0. The Bertz CT molecular complexity index is 619. The van der Waals surface area contributed by atoms with Gasteiger partial charge < -0.3 is 10.1 Å². The highest BCUT2D eigenvalue weighted by Crippen LogP contribution is 2.33. The quantitative estimate of drug-likeness (QED) is 0.902. The SMILES string of the molecule is c1cc2c(cc1Nc1cc([C@@H]3CCCO3)[nH]n1)CSC2. The Labute approximate surface area is 122 Å². The van der Waals surface area contributed by atoms with Gasteiger partial charge in [-0.25, -0.2) is 0 Å². The number of thioether (sulfide) groups is 1. The van der Waals surface area contributed by atoms with E-state index < -0.39 is 0 Å². The molecular formula is C15H17N3OS. The number of H-pyrrole nitrogens is 1. The molecule has 0 saturated carbocycles. The maximum absolute atomic E-state index is 5.66. The number of hydrogen-bond acceptors (Lipinski definition) is 4. The number of fused-ring (bicyclic) bond motifs is 1. The van der Waals surface area contributed by atoms with E-state index >= 15 is 0 Å². The summed E-state index contributed by atoms with van der Waals surface area (Å²) in [4.78, 5) is 0. The predicted molar refractivity (Wildman–Crippen MR) is 81.2 cm³/mol. The number of ether oxygens (including phenoxy) is 1. The van der Waals surface area contributed by atoms with E-state index in [4.69, 9.17) is 4.74 Å². The maximum Gasteiger partial charge on any atom is 0.152 e. The van der Waals surface area contributed by atoms with Gasteiger partial charge in [-0.3, -0.25) is 5.10 Å². The van der Waals surface area contributed by atoms with Gasteiger partial charge in [0.1, 0.15) is 0 Å². The van der Waals surface area contributed by atoms with Crippen molar-refractivity contribution < 1.29 is 4.74 Å². The van der Waals surface area contributed by atoms with E-state index in [1.807, 2.05) is 11.8 Å². The van der Waals surface area contributed by atoms with Gasteiger partial charge in [0.25, 0.3) is 0 Å². The van der Waals surface area contributed by atoms with Crippen LogP contribution in [0.15, 0.2) is 24.3 Å². The van der Waals surface area contributed by atoms with Gasteiger partial charge in [-0.15, -0.1) is 0 Å². The van der Waals surface area contributed by atoms with Crippen molar-refractivity contribution in [3.05, 3.63) is 41.1 Å². The summed E-state index contributed by atoms with van der Waals surface area (Å²) in [6.45, 7) is 0.856. The van der Waals surface area contributed by atoms with Crippen LogP contribution in [0.4, 0.5) is 11.5 Å². The molecule has 2 N–H and O–H groups in total. The first-order valence-electron chi connectivity index (χ1n) is 7.02. The molecule has 0 unspecified atom stereocenters. The molecule has 4 nitrogen and oxygen atoms in total. The molecule has 104 valence electrons. The first-order valence-corrected chi connectivity index (χ1v) is 8.17. The lowest BCUT2D eigenvalue weighted by atomic mass is 10.1. The van der Waals surface area contributed by atoms with Gasteiger partial charge in [0.2, 0.25) is 0 Å². The fourth-order valence-electron chi connectivity index (χ4n) is 2.79. The zero-order valence-corrected chi connectivity index (χ0v) is 12.0. The van der Waals surface area contributed by atoms with Crippen LogP contribution in [0.3, 0.4) is 0 Å². The van der Waals surface area contributed by atoms with Crippen LogP contribution < -0.4 is 5.32 Å². The summed E-state index contributed by atoms with van der Waals surface area (Å²) in [5, 5.41) is 10.8. The Balaban J connectivity index is 1.51. The van der Waals surface area contributed by atoms with E-state index in [0.717, 1.165) is 48.2 Å². The molecule has 0 radical (unpaired) electrons. The Morgan fingerprint density at radius 3 is 3.10 bits per heavy atom.